The molecule has 5 aromatic carbocycles. The molecule has 0 unspecified atom stereocenters. The van der Waals surface area contributed by atoms with Gasteiger partial charge in [0.25, 0.3) is 21.6 Å². The summed E-state index contributed by atoms with van der Waals surface area (Å²) in [6, 6.07) is 36.5. The lowest BCUT2D eigenvalue weighted by atomic mass is 9.99. The van der Waals surface area contributed by atoms with E-state index in [2.05, 4.69) is 48.5 Å². The Morgan fingerprint density at radius 1 is 0.831 bits per heavy atom. The van der Waals surface area contributed by atoms with E-state index in [4.69, 9.17) is 11.6 Å². The number of hydrogen-bond donors (Lipinski definition) is 3. The van der Waals surface area contributed by atoms with E-state index in [0.717, 1.165) is 80.9 Å². The molecule has 3 N–H and O–H groups in total. The normalized spacial score (nSPS) is 15.5. The topological polar surface area (TPSA) is 140 Å². The molecule has 0 spiro atoms. The molecular weight excluding hydrogens is 806 g/mol. The van der Waals surface area contributed by atoms with Crippen LogP contribution >= 0.6 is 23.4 Å². The highest BCUT2D eigenvalue weighted by molar-refractivity contribution is 7.99. The van der Waals surface area contributed by atoms with Gasteiger partial charge >= 0.3 is 0 Å². The van der Waals surface area contributed by atoms with Crippen molar-refractivity contribution in [1.82, 2.24) is 20.1 Å². The molecule has 2 heterocycles. The first-order valence-corrected chi connectivity index (χ1v) is 22.7. The van der Waals surface area contributed by atoms with E-state index >= 15 is 0 Å². The molecule has 0 saturated carbocycles. The van der Waals surface area contributed by atoms with Crippen molar-refractivity contribution >= 4 is 56.4 Å². The molecule has 12 nitrogen and oxygen atoms in total. The number of thioether (sulfide) groups is 1. The van der Waals surface area contributed by atoms with Crippen LogP contribution in [0.5, 0.6) is 0 Å². The molecule has 308 valence electrons. The van der Waals surface area contributed by atoms with Gasteiger partial charge in [0.2, 0.25) is 0 Å². The maximum atomic E-state index is 13.4. The summed E-state index contributed by atoms with van der Waals surface area (Å²) in [6.45, 7) is 6.73. The minimum atomic E-state index is -4.44. The second-order valence-electron chi connectivity index (χ2n) is 14.7. The van der Waals surface area contributed by atoms with Gasteiger partial charge in [-0.05, 0) is 96.6 Å². The number of halogens is 1. The zero-order valence-corrected chi connectivity index (χ0v) is 35.0. The fourth-order valence-electron chi connectivity index (χ4n) is 7.39. The number of anilines is 2. The number of hydrogen-bond acceptors (Lipinski definition) is 11. The standard InChI is InChI=1S/C44H48ClN7O5S2/c45-36-16-12-33(13-17-36)41-11-5-4-8-35(41)31-49-26-28-50(29-27-49)38-18-14-34(15-19-38)44(53)48-59(56,57)40-20-21-42(43(30-40)52(54)55)47-37(22-23-46-51-24-6-7-25-51)32-58-39-9-2-1-3-10-39/h1-5,8-21,30,37,46-47H,6-7,22-29,31-32H2,(H,48,53)/t37-/m1/s1. The molecule has 0 aromatic heterocycles. The first-order valence-electron chi connectivity index (χ1n) is 19.8. The van der Waals surface area contributed by atoms with Crippen LogP contribution in [0.15, 0.2) is 131 Å². The Labute approximate surface area is 355 Å². The van der Waals surface area contributed by atoms with Crippen molar-refractivity contribution in [2.45, 2.75) is 41.6 Å². The third-order valence-electron chi connectivity index (χ3n) is 10.6. The highest BCUT2D eigenvalue weighted by Crippen LogP contribution is 2.31. The van der Waals surface area contributed by atoms with Crippen molar-refractivity contribution in [3.63, 3.8) is 0 Å². The van der Waals surface area contributed by atoms with Crippen molar-refractivity contribution in [3.8, 4) is 11.1 Å². The number of carbonyl (C=O) groups excluding carboxylic acids is 1. The predicted molar refractivity (Wildman–Crippen MR) is 237 cm³/mol. The highest BCUT2D eigenvalue weighted by atomic mass is 35.5. The van der Waals surface area contributed by atoms with Crippen LogP contribution in [0, 0.1) is 10.1 Å². The van der Waals surface area contributed by atoms with Gasteiger partial charge in [-0.15, -0.1) is 11.8 Å². The number of sulfonamides is 1. The van der Waals surface area contributed by atoms with E-state index in [1.54, 1.807) is 23.9 Å². The summed E-state index contributed by atoms with van der Waals surface area (Å²) in [6.07, 6.45) is 2.98. The largest absolute Gasteiger partial charge is 0.376 e. The number of nitrogens with zero attached hydrogens (tertiary/aromatic N) is 4. The highest BCUT2D eigenvalue weighted by Gasteiger charge is 2.26. The lowest BCUT2D eigenvalue weighted by Crippen LogP contribution is -2.46. The Morgan fingerprint density at radius 2 is 1.53 bits per heavy atom. The third-order valence-corrected chi connectivity index (χ3v) is 13.4. The van der Waals surface area contributed by atoms with Crippen LogP contribution in [0.25, 0.3) is 11.1 Å². The number of benzene rings is 5. The molecule has 15 heteroatoms. The number of nitrogens with one attached hydrogen (secondary N) is 3. The van der Waals surface area contributed by atoms with Crippen molar-refractivity contribution in [1.29, 1.82) is 0 Å². The average Bonchev–Trinajstić information content (AvgIpc) is 3.77. The van der Waals surface area contributed by atoms with E-state index in [9.17, 15) is 23.3 Å². The number of carbonyl (C=O) groups is 1. The van der Waals surface area contributed by atoms with Crippen molar-refractivity contribution in [3.05, 3.63) is 148 Å². The number of nitro groups is 1. The Balaban J connectivity index is 0.952. The van der Waals surface area contributed by atoms with Crippen LogP contribution in [0.4, 0.5) is 17.1 Å². The monoisotopic (exact) mass is 853 g/mol. The minimum Gasteiger partial charge on any atom is -0.376 e. The van der Waals surface area contributed by atoms with Crippen LogP contribution in [0.1, 0.15) is 35.2 Å². The van der Waals surface area contributed by atoms with Gasteiger partial charge in [0, 0.05) is 91.4 Å². The van der Waals surface area contributed by atoms with Crippen LogP contribution in [0.2, 0.25) is 5.02 Å². The first-order chi connectivity index (χ1) is 28.6. The quantitative estimate of drug-likeness (QED) is 0.0478. The number of hydrazine groups is 1. The van der Waals surface area contributed by atoms with Crippen molar-refractivity contribution in [2.24, 2.45) is 0 Å². The summed E-state index contributed by atoms with van der Waals surface area (Å²) in [4.78, 5) is 30.3. The van der Waals surface area contributed by atoms with Gasteiger partial charge in [0.1, 0.15) is 5.69 Å². The molecule has 59 heavy (non-hydrogen) atoms. The predicted octanol–water partition coefficient (Wildman–Crippen LogP) is 7.92. The lowest BCUT2D eigenvalue weighted by Gasteiger charge is -2.36. The summed E-state index contributed by atoms with van der Waals surface area (Å²) in [5.74, 6) is -0.191. The van der Waals surface area contributed by atoms with Gasteiger partial charge in [-0.2, -0.15) is 0 Å². The molecule has 7 rings (SSSR count). The van der Waals surface area contributed by atoms with E-state index in [1.165, 1.54) is 23.3 Å². The van der Waals surface area contributed by atoms with Gasteiger partial charge < -0.3 is 10.2 Å². The molecule has 5 aromatic rings. The molecule has 2 saturated heterocycles. The number of rotatable bonds is 17. The zero-order valence-electron chi connectivity index (χ0n) is 32.6. The van der Waals surface area contributed by atoms with E-state index in [1.807, 2.05) is 72.8 Å². The summed E-state index contributed by atoms with van der Waals surface area (Å²) < 4.78 is 29.0. The van der Waals surface area contributed by atoms with Gasteiger partial charge in [-0.1, -0.05) is 66.2 Å². The van der Waals surface area contributed by atoms with E-state index in [-0.39, 0.29) is 22.2 Å². The maximum Gasteiger partial charge on any atom is 0.293 e. The van der Waals surface area contributed by atoms with E-state index < -0.39 is 26.5 Å². The first kappa shape index (κ1) is 42.2. The second kappa shape index (κ2) is 19.9. The summed E-state index contributed by atoms with van der Waals surface area (Å²) in [7, 11) is -4.44. The number of piperazine rings is 1. The maximum absolute atomic E-state index is 13.4. The zero-order chi connectivity index (χ0) is 41.2. The minimum absolute atomic E-state index is 0.156. The van der Waals surface area contributed by atoms with Crippen LogP contribution < -0.4 is 20.4 Å². The lowest BCUT2D eigenvalue weighted by molar-refractivity contribution is -0.384. The summed E-state index contributed by atoms with van der Waals surface area (Å²) >= 11 is 7.76. The second-order valence-corrected chi connectivity index (χ2v) is 17.9. The van der Waals surface area contributed by atoms with Crippen LogP contribution in [0.3, 0.4) is 0 Å². The van der Waals surface area contributed by atoms with Gasteiger partial charge in [0.05, 0.1) is 9.82 Å². The molecule has 2 aliphatic heterocycles. The Kier molecular flexibility index (Phi) is 14.2. The van der Waals surface area contributed by atoms with Crippen LogP contribution in [-0.2, 0) is 16.6 Å². The summed E-state index contributed by atoms with van der Waals surface area (Å²) in [5.41, 5.74) is 7.91. The fourth-order valence-corrected chi connectivity index (χ4v) is 9.51. The molecule has 1 atom stereocenters. The Morgan fingerprint density at radius 3 is 2.24 bits per heavy atom. The van der Waals surface area contributed by atoms with Gasteiger partial charge in [-0.25, -0.2) is 18.1 Å². The Hall–Kier alpha value is -4.96. The molecule has 0 aliphatic carbocycles. The van der Waals surface area contributed by atoms with Crippen LogP contribution in [-0.4, -0.2) is 86.8 Å². The van der Waals surface area contributed by atoms with Crippen molar-refractivity contribution < 1.29 is 18.1 Å². The third kappa shape index (κ3) is 11.4. The van der Waals surface area contributed by atoms with E-state index in [0.29, 0.717) is 23.7 Å². The smallest absolute Gasteiger partial charge is 0.293 e. The molecule has 0 bridgehead atoms. The molecule has 2 aliphatic rings. The van der Waals surface area contributed by atoms with Gasteiger partial charge in [0.15, 0.2) is 0 Å². The number of nitro benzene ring substituents is 1. The van der Waals surface area contributed by atoms with Gasteiger partial charge in [-0.3, -0.25) is 25.2 Å². The SMILES string of the molecule is O=C(NS(=O)(=O)c1ccc(N[C@H](CCNN2CCCC2)CSc2ccccc2)c([N+](=O)[O-])c1)c1ccc(N2CCN(Cc3ccccc3-c3ccc(Cl)cc3)CC2)cc1. The molecule has 2 fully saturated rings. The average molecular weight is 854 g/mol. The molecular formula is C44H48ClN7O5S2. The summed E-state index contributed by atoms with van der Waals surface area (Å²) in [5, 5.41) is 18.5. The van der Waals surface area contributed by atoms with Crippen molar-refractivity contribution in [2.75, 3.05) is 61.8 Å². The molecule has 1 amide bonds. The number of amides is 1. The Bertz CT molecular complexity index is 2310. The molecule has 0 radical (unpaired) electrons. The fraction of sp³-hybridized carbons (Fsp3) is 0.295.